The molecule has 2 aromatic rings. The molecule has 0 bridgehead atoms. The molecule has 7 heteroatoms. The zero-order valence-corrected chi connectivity index (χ0v) is 14.5. The van der Waals surface area contributed by atoms with Gasteiger partial charge in [0.2, 0.25) is 15.9 Å². The second-order valence-electron chi connectivity index (χ2n) is 5.40. The van der Waals surface area contributed by atoms with Gasteiger partial charge in [0.1, 0.15) is 0 Å². The van der Waals surface area contributed by atoms with Crippen LogP contribution in [0.3, 0.4) is 0 Å². The van der Waals surface area contributed by atoms with Crippen LogP contribution in [0.15, 0.2) is 53.6 Å². The second kappa shape index (κ2) is 8.03. The largest absolute Gasteiger partial charge is 0.348 e. The third-order valence-corrected chi connectivity index (χ3v) is 5.08. The van der Waals surface area contributed by atoms with Crippen LogP contribution in [-0.2, 0) is 21.2 Å². The van der Waals surface area contributed by atoms with Crippen LogP contribution < -0.4 is 10.0 Å². The van der Waals surface area contributed by atoms with E-state index in [9.17, 15) is 13.2 Å². The third kappa shape index (κ3) is 4.87. The number of amides is 1. The van der Waals surface area contributed by atoms with Crippen molar-refractivity contribution in [2.75, 3.05) is 7.05 Å². The fourth-order valence-electron chi connectivity index (χ4n) is 2.23. The van der Waals surface area contributed by atoms with E-state index in [1.165, 1.54) is 19.2 Å². The molecule has 1 aromatic heterocycles. The van der Waals surface area contributed by atoms with Gasteiger partial charge in [-0.15, -0.1) is 0 Å². The summed E-state index contributed by atoms with van der Waals surface area (Å²) >= 11 is 0. The molecular formula is C17H21N3O3S. The first-order valence-corrected chi connectivity index (χ1v) is 9.13. The van der Waals surface area contributed by atoms with Gasteiger partial charge in [-0.1, -0.05) is 18.2 Å². The topological polar surface area (TPSA) is 88.2 Å². The highest BCUT2D eigenvalue weighted by atomic mass is 32.2. The lowest BCUT2D eigenvalue weighted by Gasteiger charge is -2.13. The fraction of sp³-hybridized carbons (Fsp3) is 0.294. The lowest BCUT2D eigenvalue weighted by atomic mass is 10.1. The van der Waals surface area contributed by atoms with E-state index in [0.29, 0.717) is 12.8 Å². The summed E-state index contributed by atoms with van der Waals surface area (Å²) in [6.07, 6.45) is 2.56. The van der Waals surface area contributed by atoms with Crippen molar-refractivity contribution in [1.29, 1.82) is 0 Å². The number of sulfonamides is 1. The first kappa shape index (κ1) is 18.1. The number of hydrogen-bond donors (Lipinski definition) is 2. The number of nitrogens with one attached hydrogen (secondary N) is 2. The van der Waals surface area contributed by atoms with E-state index in [1.807, 2.05) is 25.1 Å². The first-order valence-electron chi connectivity index (χ1n) is 7.65. The number of aryl methyl sites for hydroxylation is 1. The quantitative estimate of drug-likeness (QED) is 0.799. The van der Waals surface area contributed by atoms with Crippen LogP contribution in [0.4, 0.5) is 0 Å². The summed E-state index contributed by atoms with van der Waals surface area (Å²) in [6.45, 7) is 1.89. The van der Waals surface area contributed by atoms with Crippen molar-refractivity contribution >= 4 is 15.9 Å². The van der Waals surface area contributed by atoms with Gasteiger partial charge in [-0.25, -0.2) is 13.1 Å². The molecule has 1 heterocycles. The Bertz CT molecular complexity index is 774. The number of aromatic nitrogens is 1. The molecule has 128 valence electrons. The Morgan fingerprint density at radius 2 is 1.88 bits per heavy atom. The average molecular weight is 347 g/mol. The Morgan fingerprint density at radius 1 is 1.17 bits per heavy atom. The summed E-state index contributed by atoms with van der Waals surface area (Å²) in [5.74, 6) is -0.0694. The number of hydrogen-bond acceptors (Lipinski definition) is 4. The lowest BCUT2D eigenvalue weighted by Crippen LogP contribution is -2.27. The van der Waals surface area contributed by atoms with Crippen molar-refractivity contribution in [1.82, 2.24) is 15.0 Å². The lowest BCUT2D eigenvalue weighted by molar-refractivity contribution is -0.121. The van der Waals surface area contributed by atoms with Crippen LogP contribution in [0.2, 0.25) is 0 Å². The Morgan fingerprint density at radius 3 is 2.46 bits per heavy atom. The SMILES string of the molecule is CNS(=O)(=O)c1ccc(CCC(=O)N[C@@H](C)c2ccccn2)cc1. The zero-order valence-electron chi connectivity index (χ0n) is 13.7. The molecule has 2 rings (SSSR count). The molecule has 0 unspecified atom stereocenters. The first-order chi connectivity index (χ1) is 11.4. The Labute approximate surface area is 142 Å². The molecule has 0 radical (unpaired) electrons. The Kier molecular flexibility index (Phi) is 6.05. The van der Waals surface area contributed by atoms with Crippen LogP contribution in [0.5, 0.6) is 0 Å². The summed E-state index contributed by atoms with van der Waals surface area (Å²) in [7, 11) is -2.06. The predicted molar refractivity (Wildman–Crippen MR) is 91.8 cm³/mol. The van der Waals surface area contributed by atoms with E-state index < -0.39 is 10.0 Å². The molecule has 1 atom stereocenters. The Balaban J connectivity index is 1.88. The standard InChI is InChI=1S/C17H21N3O3S/c1-13(16-5-3-4-12-19-16)20-17(21)11-8-14-6-9-15(10-7-14)24(22,23)18-2/h3-7,9-10,12-13,18H,8,11H2,1-2H3,(H,20,21)/t13-/m0/s1. The molecule has 0 aliphatic heterocycles. The molecule has 24 heavy (non-hydrogen) atoms. The molecule has 0 saturated carbocycles. The van der Waals surface area contributed by atoms with E-state index in [1.54, 1.807) is 18.3 Å². The summed E-state index contributed by atoms with van der Waals surface area (Å²) < 4.78 is 25.6. The van der Waals surface area contributed by atoms with Crippen molar-refractivity contribution in [3.63, 3.8) is 0 Å². The number of benzene rings is 1. The van der Waals surface area contributed by atoms with E-state index >= 15 is 0 Å². The average Bonchev–Trinajstić information content (AvgIpc) is 2.61. The van der Waals surface area contributed by atoms with Crippen molar-refractivity contribution < 1.29 is 13.2 Å². The molecule has 0 fully saturated rings. The zero-order chi connectivity index (χ0) is 17.6. The summed E-state index contributed by atoms with van der Waals surface area (Å²) in [5.41, 5.74) is 1.72. The minimum Gasteiger partial charge on any atom is -0.348 e. The van der Waals surface area contributed by atoms with Crippen LogP contribution >= 0.6 is 0 Å². The summed E-state index contributed by atoms with van der Waals surface area (Å²) in [6, 6.07) is 11.9. The van der Waals surface area contributed by atoms with E-state index in [2.05, 4.69) is 15.0 Å². The van der Waals surface area contributed by atoms with Crippen molar-refractivity contribution in [2.24, 2.45) is 0 Å². The van der Waals surface area contributed by atoms with E-state index in [-0.39, 0.29) is 16.8 Å². The third-order valence-electron chi connectivity index (χ3n) is 3.65. The molecule has 2 N–H and O–H groups in total. The van der Waals surface area contributed by atoms with Crippen LogP contribution in [-0.4, -0.2) is 26.4 Å². The van der Waals surface area contributed by atoms with Gasteiger partial charge >= 0.3 is 0 Å². The maximum absolute atomic E-state index is 12.0. The summed E-state index contributed by atoms with van der Waals surface area (Å²) in [5, 5.41) is 2.90. The second-order valence-corrected chi connectivity index (χ2v) is 7.28. The molecule has 0 spiro atoms. The predicted octanol–water partition coefficient (Wildman–Crippen LogP) is 1.80. The van der Waals surface area contributed by atoms with Crippen molar-refractivity contribution in [3.05, 3.63) is 59.9 Å². The van der Waals surface area contributed by atoms with Gasteiger partial charge in [0, 0.05) is 12.6 Å². The number of rotatable bonds is 7. The van der Waals surface area contributed by atoms with Crippen molar-refractivity contribution in [3.8, 4) is 0 Å². The van der Waals surface area contributed by atoms with Crippen LogP contribution in [0, 0.1) is 0 Å². The van der Waals surface area contributed by atoms with Gasteiger partial charge in [-0.2, -0.15) is 0 Å². The molecule has 6 nitrogen and oxygen atoms in total. The van der Waals surface area contributed by atoms with Gasteiger partial charge in [-0.05, 0) is 50.2 Å². The fourth-order valence-corrected chi connectivity index (χ4v) is 2.96. The highest BCUT2D eigenvalue weighted by molar-refractivity contribution is 7.89. The maximum Gasteiger partial charge on any atom is 0.240 e. The van der Waals surface area contributed by atoms with Gasteiger partial charge in [0.05, 0.1) is 16.6 Å². The Hall–Kier alpha value is -2.25. The minimum absolute atomic E-state index is 0.0694. The molecule has 1 amide bonds. The minimum atomic E-state index is -3.43. The number of carbonyl (C=O) groups excluding carboxylic acids is 1. The van der Waals surface area contributed by atoms with Gasteiger partial charge in [0.15, 0.2) is 0 Å². The molecule has 1 aromatic carbocycles. The van der Waals surface area contributed by atoms with Gasteiger partial charge < -0.3 is 5.32 Å². The number of pyridine rings is 1. The molecular weight excluding hydrogens is 326 g/mol. The monoisotopic (exact) mass is 347 g/mol. The summed E-state index contributed by atoms with van der Waals surface area (Å²) in [4.78, 5) is 16.5. The highest BCUT2D eigenvalue weighted by Gasteiger charge is 2.12. The number of carbonyl (C=O) groups is 1. The molecule has 0 saturated heterocycles. The maximum atomic E-state index is 12.0. The van der Waals surface area contributed by atoms with Crippen molar-refractivity contribution in [2.45, 2.75) is 30.7 Å². The smallest absolute Gasteiger partial charge is 0.240 e. The van der Waals surface area contributed by atoms with Crippen LogP contribution in [0.1, 0.15) is 30.6 Å². The molecule has 0 aliphatic rings. The van der Waals surface area contributed by atoms with Gasteiger partial charge in [0.25, 0.3) is 0 Å². The van der Waals surface area contributed by atoms with E-state index in [0.717, 1.165) is 11.3 Å². The normalized spacial score (nSPS) is 12.6. The highest BCUT2D eigenvalue weighted by Crippen LogP contribution is 2.12. The number of nitrogens with zero attached hydrogens (tertiary/aromatic N) is 1. The van der Waals surface area contributed by atoms with Gasteiger partial charge in [-0.3, -0.25) is 9.78 Å². The van der Waals surface area contributed by atoms with E-state index in [4.69, 9.17) is 0 Å². The molecule has 0 aliphatic carbocycles. The van der Waals surface area contributed by atoms with Crippen LogP contribution in [0.25, 0.3) is 0 Å².